The number of rotatable bonds is 3. The Morgan fingerprint density at radius 2 is 1.94 bits per heavy atom. The van der Waals surface area contributed by atoms with E-state index in [0.29, 0.717) is 17.8 Å². The monoisotopic (exact) mass is 241 g/mol. The first-order chi connectivity index (χ1) is 8.68. The number of carbonyl (C=O) groups is 1. The second kappa shape index (κ2) is 5.31. The van der Waals surface area contributed by atoms with Crippen molar-refractivity contribution in [2.45, 2.75) is 6.54 Å². The molecule has 1 amide bonds. The van der Waals surface area contributed by atoms with Gasteiger partial charge in [-0.1, -0.05) is 18.2 Å². The molecule has 0 aliphatic heterocycles. The zero-order valence-corrected chi connectivity index (χ0v) is 10.2. The van der Waals surface area contributed by atoms with Crippen LogP contribution < -0.4 is 5.73 Å². The fraction of sp³-hybridized carbons (Fsp3) is 0.143. The van der Waals surface area contributed by atoms with Crippen molar-refractivity contribution in [2.24, 2.45) is 0 Å². The average molecular weight is 241 g/mol. The summed E-state index contributed by atoms with van der Waals surface area (Å²) >= 11 is 0. The van der Waals surface area contributed by atoms with E-state index in [1.807, 2.05) is 24.3 Å². The standard InChI is InChI=1S/C14H15N3O/c1-17(10-11-6-4-5-9-16-11)14(18)12-7-2-3-8-13(12)15/h2-9H,10,15H2,1H3. The molecular weight excluding hydrogens is 226 g/mol. The third kappa shape index (κ3) is 2.66. The Morgan fingerprint density at radius 1 is 1.22 bits per heavy atom. The van der Waals surface area contributed by atoms with Crippen LogP contribution in [0.5, 0.6) is 0 Å². The quantitative estimate of drug-likeness (QED) is 0.835. The summed E-state index contributed by atoms with van der Waals surface area (Å²) in [4.78, 5) is 18.0. The molecule has 0 radical (unpaired) electrons. The molecule has 1 aromatic heterocycles. The SMILES string of the molecule is CN(Cc1ccccn1)C(=O)c1ccccc1N. The van der Waals surface area contributed by atoms with Crippen molar-refractivity contribution in [2.75, 3.05) is 12.8 Å². The third-order valence-corrected chi connectivity index (χ3v) is 2.66. The van der Waals surface area contributed by atoms with Gasteiger partial charge in [0.2, 0.25) is 0 Å². The van der Waals surface area contributed by atoms with E-state index in [1.165, 1.54) is 0 Å². The van der Waals surface area contributed by atoms with Crippen LogP contribution in [-0.2, 0) is 6.54 Å². The lowest BCUT2D eigenvalue weighted by atomic mass is 10.1. The number of amides is 1. The molecule has 0 unspecified atom stereocenters. The van der Waals surface area contributed by atoms with E-state index < -0.39 is 0 Å². The number of anilines is 1. The van der Waals surface area contributed by atoms with Crippen molar-refractivity contribution < 1.29 is 4.79 Å². The zero-order chi connectivity index (χ0) is 13.0. The van der Waals surface area contributed by atoms with Gasteiger partial charge in [0, 0.05) is 18.9 Å². The number of nitrogens with zero attached hydrogens (tertiary/aromatic N) is 2. The van der Waals surface area contributed by atoms with Crippen LogP contribution in [0.4, 0.5) is 5.69 Å². The summed E-state index contributed by atoms with van der Waals surface area (Å²) in [7, 11) is 1.74. The number of hydrogen-bond acceptors (Lipinski definition) is 3. The van der Waals surface area contributed by atoms with Gasteiger partial charge in [-0.3, -0.25) is 9.78 Å². The van der Waals surface area contributed by atoms with Crippen LogP contribution in [0.3, 0.4) is 0 Å². The molecule has 92 valence electrons. The molecule has 2 N–H and O–H groups in total. The van der Waals surface area contributed by atoms with Crippen LogP contribution in [0.1, 0.15) is 16.1 Å². The summed E-state index contributed by atoms with van der Waals surface area (Å²) in [5, 5.41) is 0. The van der Waals surface area contributed by atoms with Gasteiger partial charge in [-0.15, -0.1) is 0 Å². The Hall–Kier alpha value is -2.36. The molecule has 0 saturated carbocycles. The summed E-state index contributed by atoms with van der Waals surface area (Å²) in [6.07, 6.45) is 1.71. The average Bonchev–Trinajstić information content (AvgIpc) is 2.39. The number of hydrogen-bond donors (Lipinski definition) is 1. The third-order valence-electron chi connectivity index (χ3n) is 2.66. The molecular formula is C14H15N3O. The lowest BCUT2D eigenvalue weighted by Gasteiger charge is -2.17. The summed E-state index contributed by atoms with van der Waals surface area (Å²) < 4.78 is 0. The molecule has 18 heavy (non-hydrogen) atoms. The molecule has 0 bridgehead atoms. The minimum atomic E-state index is -0.0984. The molecule has 2 rings (SSSR count). The van der Waals surface area contributed by atoms with E-state index in [1.54, 1.807) is 36.3 Å². The smallest absolute Gasteiger partial charge is 0.256 e. The molecule has 2 aromatic rings. The van der Waals surface area contributed by atoms with Gasteiger partial charge >= 0.3 is 0 Å². The predicted molar refractivity (Wildman–Crippen MR) is 70.9 cm³/mol. The van der Waals surface area contributed by atoms with Crippen molar-refractivity contribution in [1.82, 2.24) is 9.88 Å². The van der Waals surface area contributed by atoms with E-state index >= 15 is 0 Å². The highest BCUT2D eigenvalue weighted by Gasteiger charge is 2.14. The first-order valence-electron chi connectivity index (χ1n) is 5.68. The van der Waals surface area contributed by atoms with Gasteiger partial charge in [0.25, 0.3) is 5.91 Å². The van der Waals surface area contributed by atoms with Crippen LogP contribution >= 0.6 is 0 Å². The minimum Gasteiger partial charge on any atom is -0.398 e. The Balaban J connectivity index is 2.13. The fourth-order valence-electron chi connectivity index (χ4n) is 1.70. The summed E-state index contributed by atoms with van der Waals surface area (Å²) in [6, 6.07) is 12.7. The largest absolute Gasteiger partial charge is 0.398 e. The van der Waals surface area contributed by atoms with E-state index in [0.717, 1.165) is 5.69 Å². The highest BCUT2D eigenvalue weighted by Crippen LogP contribution is 2.13. The van der Waals surface area contributed by atoms with E-state index in [2.05, 4.69) is 4.98 Å². The van der Waals surface area contributed by atoms with Crippen LogP contribution in [0.25, 0.3) is 0 Å². The maximum Gasteiger partial charge on any atom is 0.256 e. The van der Waals surface area contributed by atoms with E-state index in [-0.39, 0.29) is 5.91 Å². The second-order valence-electron chi connectivity index (χ2n) is 4.07. The summed E-state index contributed by atoms with van der Waals surface area (Å²) in [5.41, 5.74) is 7.66. The molecule has 4 heteroatoms. The summed E-state index contributed by atoms with van der Waals surface area (Å²) in [5.74, 6) is -0.0984. The van der Waals surface area contributed by atoms with Gasteiger partial charge in [0.1, 0.15) is 0 Å². The minimum absolute atomic E-state index is 0.0984. The molecule has 1 aromatic carbocycles. The number of carbonyl (C=O) groups excluding carboxylic acids is 1. The van der Waals surface area contributed by atoms with Crippen molar-refractivity contribution in [3.63, 3.8) is 0 Å². The Kier molecular flexibility index (Phi) is 3.57. The topological polar surface area (TPSA) is 59.2 Å². The van der Waals surface area contributed by atoms with Crippen molar-refractivity contribution >= 4 is 11.6 Å². The van der Waals surface area contributed by atoms with Crippen molar-refractivity contribution in [3.05, 3.63) is 59.9 Å². The van der Waals surface area contributed by atoms with Gasteiger partial charge in [-0.25, -0.2) is 0 Å². The fourth-order valence-corrected chi connectivity index (χ4v) is 1.70. The Morgan fingerprint density at radius 3 is 2.61 bits per heavy atom. The predicted octanol–water partition coefficient (Wildman–Crippen LogP) is 1.94. The van der Waals surface area contributed by atoms with E-state index in [9.17, 15) is 4.79 Å². The van der Waals surface area contributed by atoms with Gasteiger partial charge in [-0.05, 0) is 24.3 Å². The summed E-state index contributed by atoms with van der Waals surface area (Å²) in [6.45, 7) is 0.466. The molecule has 0 fully saturated rings. The van der Waals surface area contributed by atoms with Gasteiger partial charge in [0.15, 0.2) is 0 Å². The highest BCUT2D eigenvalue weighted by molar-refractivity contribution is 5.98. The molecule has 0 aliphatic carbocycles. The van der Waals surface area contributed by atoms with Gasteiger partial charge in [-0.2, -0.15) is 0 Å². The maximum atomic E-state index is 12.2. The number of nitrogen functional groups attached to an aromatic ring is 1. The first kappa shape index (κ1) is 12.1. The molecule has 0 spiro atoms. The normalized spacial score (nSPS) is 10.1. The molecule has 0 aliphatic rings. The lowest BCUT2D eigenvalue weighted by molar-refractivity contribution is 0.0784. The van der Waals surface area contributed by atoms with Crippen molar-refractivity contribution in [3.8, 4) is 0 Å². The van der Waals surface area contributed by atoms with E-state index in [4.69, 9.17) is 5.73 Å². The molecule has 4 nitrogen and oxygen atoms in total. The maximum absolute atomic E-state index is 12.2. The van der Waals surface area contributed by atoms with Crippen molar-refractivity contribution in [1.29, 1.82) is 0 Å². The number of nitrogens with two attached hydrogens (primary N) is 1. The molecule has 0 atom stereocenters. The number of benzene rings is 1. The highest BCUT2D eigenvalue weighted by atomic mass is 16.2. The first-order valence-corrected chi connectivity index (χ1v) is 5.68. The lowest BCUT2D eigenvalue weighted by Crippen LogP contribution is -2.27. The zero-order valence-electron chi connectivity index (χ0n) is 10.2. The van der Waals surface area contributed by atoms with Gasteiger partial charge in [0.05, 0.1) is 17.8 Å². The molecule has 1 heterocycles. The van der Waals surface area contributed by atoms with Crippen LogP contribution in [0.15, 0.2) is 48.7 Å². The Labute approximate surface area is 106 Å². The Bertz CT molecular complexity index is 540. The van der Waals surface area contributed by atoms with Crippen LogP contribution in [-0.4, -0.2) is 22.8 Å². The molecule has 0 saturated heterocycles. The van der Waals surface area contributed by atoms with Crippen LogP contribution in [0, 0.1) is 0 Å². The number of aromatic nitrogens is 1. The second-order valence-corrected chi connectivity index (χ2v) is 4.07. The van der Waals surface area contributed by atoms with Crippen LogP contribution in [0.2, 0.25) is 0 Å². The van der Waals surface area contributed by atoms with Gasteiger partial charge < -0.3 is 10.6 Å². The number of pyridine rings is 1. The number of para-hydroxylation sites is 1.